The molecule has 3 rings (SSSR count). The molecule has 152 valence electrons. The summed E-state index contributed by atoms with van der Waals surface area (Å²) in [5.41, 5.74) is 0.459. The highest BCUT2D eigenvalue weighted by molar-refractivity contribution is 7.99. The zero-order valence-electron chi connectivity index (χ0n) is 15.4. The monoisotopic (exact) mass is 471 g/mol. The van der Waals surface area contributed by atoms with Crippen molar-refractivity contribution in [1.82, 2.24) is 19.7 Å². The van der Waals surface area contributed by atoms with Gasteiger partial charge < -0.3 is 14.6 Å². The first-order chi connectivity index (χ1) is 13.8. The number of pyridine rings is 1. The maximum atomic E-state index is 12.2. The number of carbonyl (C=O) groups excluding carboxylic acids is 1. The molecule has 2 heterocycles. The van der Waals surface area contributed by atoms with Gasteiger partial charge in [0.2, 0.25) is 5.91 Å². The average molecular weight is 473 g/mol. The van der Waals surface area contributed by atoms with E-state index in [2.05, 4.69) is 20.5 Å². The number of thioether (sulfide) groups is 1. The van der Waals surface area contributed by atoms with Gasteiger partial charge in [-0.2, -0.15) is 0 Å². The Bertz CT molecular complexity index is 1030. The molecule has 0 saturated heterocycles. The number of anilines is 1. The number of carbonyl (C=O) groups is 1. The summed E-state index contributed by atoms with van der Waals surface area (Å²) in [6.07, 6.45) is 1.14. The van der Waals surface area contributed by atoms with Crippen LogP contribution in [0, 0.1) is 0 Å². The lowest BCUT2D eigenvalue weighted by molar-refractivity contribution is -0.113. The molecule has 11 heteroatoms. The Kier molecular flexibility index (Phi) is 7.23. The van der Waals surface area contributed by atoms with E-state index in [9.17, 15) is 4.79 Å². The third kappa shape index (κ3) is 5.54. The van der Waals surface area contributed by atoms with Gasteiger partial charge in [-0.1, -0.05) is 46.6 Å². The largest absolute Gasteiger partial charge is 0.481 e. The van der Waals surface area contributed by atoms with E-state index in [1.165, 1.54) is 11.8 Å². The highest BCUT2D eigenvalue weighted by Gasteiger charge is 2.19. The Hall–Kier alpha value is -2.00. The lowest BCUT2D eigenvalue weighted by Crippen LogP contribution is -2.15. The van der Waals surface area contributed by atoms with Gasteiger partial charge in [0.25, 0.3) is 0 Å². The highest BCUT2D eigenvalue weighted by Crippen LogP contribution is 2.31. The molecule has 0 aliphatic carbocycles. The first kappa shape index (κ1) is 21.7. The molecule has 2 aromatic heterocycles. The molecular formula is C18H16Cl3N5O2S. The minimum absolute atomic E-state index is 0.134. The van der Waals surface area contributed by atoms with Crippen LogP contribution in [0.15, 0.2) is 41.7 Å². The maximum Gasteiger partial charge on any atom is 0.234 e. The number of amides is 1. The lowest BCUT2D eigenvalue weighted by Gasteiger charge is -2.15. The molecule has 1 aromatic carbocycles. The van der Waals surface area contributed by atoms with Gasteiger partial charge in [-0.3, -0.25) is 4.79 Å². The summed E-state index contributed by atoms with van der Waals surface area (Å²) in [4.78, 5) is 16.1. The molecule has 1 amide bonds. The van der Waals surface area contributed by atoms with Gasteiger partial charge >= 0.3 is 0 Å². The molecule has 0 fully saturated rings. The Morgan fingerprint density at radius 2 is 2.07 bits per heavy atom. The summed E-state index contributed by atoms with van der Waals surface area (Å²) in [5.74, 6) is 0.990. The molecular weight excluding hydrogens is 457 g/mol. The topological polar surface area (TPSA) is 81.9 Å². The number of halogens is 3. The van der Waals surface area contributed by atoms with Crippen LogP contribution in [0.25, 0.3) is 0 Å². The van der Waals surface area contributed by atoms with E-state index >= 15 is 0 Å². The predicted octanol–water partition coefficient (Wildman–Crippen LogP) is 5.04. The number of benzene rings is 1. The summed E-state index contributed by atoms with van der Waals surface area (Å²) >= 11 is 19.2. The van der Waals surface area contributed by atoms with Crippen LogP contribution in [0.5, 0.6) is 5.75 Å². The van der Waals surface area contributed by atoms with E-state index in [-0.39, 0.29) is 16.8 Å². The zero-order chi connectivity index (χ0) is 21.0. The van der Waals surface area contributed by atoms with Crippen LogP contribution in [-0.2, 0) is 11.8 Å². The van der Waals surface area contributed by atoms with Crippen LogP contribution < -0.4 is 10.1 Å². The Morgan fingerprint density at radius 3 is 2.79 bits per heavy atom. The number of aromatic nitrogens is 4. The molecule has 1 unspecified atom stereocenters. The van der Waals surface area contributed by atoms with E-state index in [1.807, 2.05) is 6.92 Å². The number of hydrogen-bond donors (Lipinski definition) is 1. The Morgan fingerprint density at radius 1 is 1.28 bits per heavy atom. The molecule has 0 bridgehead atoms. The fourth-order valence-electron chi connectivity index (χ4n) is 2.42. The Labute approximate surface area is 186 Å². The molecule has 0 aliphatic heterocycles. The molecule has 7 nitrogen and oxygen atoms in total. The number of nitrogens with one attached hydrogen (secondary N) is 1. The van der Waals surface area contributed by atoms with Gasteiger partial charge in [-0.25, -0.2) is 4.98 Å². The van der Waals surface area contributed by atoms with Crippen LogP contribution in [0.4, 0.5) is 5.69 Å². The minimum Gasteiger partial charge on any atom is -0.481 e. The van der Waals surface area contributed by atoms with Crippen LogP contribution in [-0.4, -0.2) is 31.4 Å². The average Bonchev–Trinajstić information content (AvgIpc) is 3.05. The first-order valence-corrected chi connectivity index (χ1v) is 10.5. The van der Waals surface area contributed by atoms with Crippen molar-refractivity contribution in [3.63, 3.8) is 0 Å². The molecule has 29 heavy (non-hydrogen) atoms. The second-order valence-electron chi connectivity index (χ2n) is 5.91. The fraction of sp³-hybridized carbons (Fsp3) is 0.222. The van der Waals surface area contributed by atoms with Crippen LogP contribution in [0.2, 0.25) is 15.2 Å². The van der Waals surface area contributed by atoms with Crippen LogP contribution in [0.3, 0.4) is 0 Å². The van der Waals surface area contributed by atoms with E-state index in [0.717, 1.165) is 0 Å². The van der Waals surface area contributed by atoms with Gasteiger partial charge in [0, 0.05) is 18.3 Å². The van der Waals surface area contributed by atoms with Crippen LogP contribution in [0.1, 0.15) is 18.9 Å². The first-order valence-electron chi connectivity index (χ1n) is 8.39. The summed E-state index contributed by atoms with van der Waals surface area (Å²) in [5, 5.41) is 12.8. The summed E-state index contributed by atoms with van der Waals surface area (Å²) < 4.78 is 7.64. The van der Waals surface area contributed by atoms with Gasteiger partial charge in [0.05, 0.1) is 16.5 Å². The third-order valence-corrected chi connectivity index (χ3v) is 5.65. The molecule has 1 atom stereocenters. The SMILES string of the molecule is CC(Oc1ccc(Cl)cc1Cl)c1nnc(SCC(=O)Nc2cccnc2Cl)n1C. The van der Waals surface area contributed by atoms with Crippen molar-refractivity contribution < 1.29 is 9.53 Å². The van der Waals surface area contributed by atoms with Gasteiger partial charge in [-0.05, 0) is 37.3 Å². The fourth-order valence-corrected chi connectivity index (χ4v) is 3.75. The van der Waals surface area contributed by atoms with Crippen molar-refractivity contribution in [2.24, 2.45) is 7.05 Å². The smallest absolute Gasteiger partial charge is 0.234 e. The molecule has 0 aliphatic rings. The van der Waals surface area contributed by atoms with Crippen molar-refractivity contribution >= 4 is 58.2 Å². The number of rotatable bonds is 7. The van der Waals surface area contributed by atoms with E-state index in [4.69, 9.17) is 39.5 Å². The van der Waals surface area contributed by atoms with E-state index in [1.54, 1.807) is 48.1 Å². The summed E-state index contributed by atoms with van der Waals surface area (Å²) in [6.45, 7) is 1.83. The van der Waals surface area contributed by atoms with Crippen molar-refractivity contribution in [2.75, 3.05) is 11.1 Å². The second-order valence-corrected chi connectivity index (χ2v) is 8.06. The Balaban J connectivity index is 1.61. The van der Waals surface area contributed by atoms with E-state index < -0.39 is 6.10 Å². The summed E-state index contributed by atoms with van der Waals surface area (Å²) in [7, 11) is 1.80. The molecule has 1 N–H and O–H groups in total. The minimum atomic E-state index is -0.413. The van der Waals surface area contributed by atoms with E-state index in [0.29, 0.717) is 32.5 Å². The highest BCUT2D eigenvalue weighted by atomic mass is 35.5. The molecule has 0 saturated carbocycles. The van der Waals surface area contributed by atoms with Crippen LogP contribution >= 0.6 is 46.6 Å². The predicted molar refractivity (Wildman–Crippen MR) is 115 cm³/mol. The number of hydrogen-bond acceptors (Lipinski definition) is 6. The molecule has 0 spiro atoms. The quantitative estimate of drug-likeness (QED) is 0.383. The number of ether oxygens (including phenoxy) is 1. The third-order valence-electron chi connectivity index (χ3n) is 3.80. The molecule has 3 aromatic rings. The second kappa shape index (κ2) is 9.67. The number of nitrogens with zero attached hydrogens (tertiary/aromatic N) is 4. The van der Waals surface area contributed by atoms with Crippen molar-refractivity contribution in [1.29, 1.82) is 0 Å². The van der Waals surface area contributed by atoms with Gasteiger partial charge in [0.15, 0.2) is 22.2 Å². The van der Waals surface area contributed by atoms with Gasteiger partial charge in [-0.15, -0.1) is 10.2 Å². The summed E-state index contributed by atoms with van der Waals surface area (Å²) in [6, 6.07) is 8.37. The zero-order valence-corrected chi connectivity index (χ0v) is 18.5. The standard InChI is InChI=1S/C18H16Cl3N5O2S/c1-10(28-14-6-5-11(19)8-12(14)20)17-24-25-18(26(17)2)29-9-15(27)23-13-4-3-7-22-16(13)21/h3-8,10H,9H2,1-2H3,(H,23,27). The normalized spacial score (nSPS) is 11.9. The maximum absolute atomic E-state index is 12.2. The molecule has 0 radical (unpaired) electrons. The van der Waals surface area contributed by atoms with Gasteiger partial charge in [0.1, 0.15) is 5.75 Å². The lowest BCUT2D eigenvalue weighted by atomic mass is 10.3. The van der Waals surface area contributed by atoms with Crippen molar-refractivity contribution in [2.45, 2.75) is 18.2 Å². The van der Waals surface area contributed by atoms with Crippen molar-refractivity contribution in [3.8, 4) is 5.75 Å². The van der Waals surface area contributed by atoms with Crippen molar-refractivity contribution in [3.05, 3.63) is 57.6 Å².